The summed E-state index contributed by atoms with van der Waals surface area (Å²) in [6.07, 6.45) is -0.0795. The van der Waals surface area contributed by atoms with Gasteiger partial charge in [-0.25, -0.2) is 4.39 Å². The number of alkyl halides is 1. The molecule has 1 saturated carbocycles. The second-order valence-corrected chi connectivity index (χ2v) is 3.97. The van der Waals surface area contributed by atoms with Crippen molar-refractivity contribution in [3.8, 4) is 0 Å². The van der Waals surface area contributed by atoms with Crippen LogP contribution in [0.5, 0.6) is 0 Å². The van der Waals surface area contributed by atoms with E-state index in [-0.39, 0.29) is 12.8 Å². The van der Waals surface area contributed by atoms with Crippen molar-refractivity contribution in [2.75, 3.05) is 0 Å². The van der Waals surface area contributed by atoms with Crippen molar-refractivity contribution in [1.29, 1.82) is 0 Å². The molecule has 0 bridgehead atoms. The number of hydrogen-bond donors (Lipinski definition) is 1. The predicted octanol–water partition coefficient (Wildman–Crippen LogP) is 2.66. The molecule has 0 amide bonds. The molecule has 0 unspecified atom stereocenters. The van der Waals surface area contributed by atoms with Gasteiger partial charge in [-0.15, -0.1) is 0 Å². The van der Waals surface area contributed by atoms with Gasteiger partial charge < -0.3 is 5.11 Å². The average molecular weight is 201 g/mol. The van der Waals surface area contributed by atoms with Crippen LogP contribution in [0.4, 0.5) is 4.39 Å². The van der Waals surface area contributed by atoms with E-state index >= 15 is 0 Å². The van der Waals surface area contributed by atoms with Crippen LogP contribution < -0.4 is 0 Å². The van der Waals surface area contributed by atoms with Gasteiger partial charge in [0.15, 0.2) is 0 Å². The Morgan fingerprint density at radius 2 is 1.85 bits per heavy atom. The zero-order valence-corrected chi connectivity index (χ0v) is 7.76. The van der Waals surface area contributed by atoms with Crippen LogP contribution in [0.2, 0.25) is 5.02 Å². The number of hydrogen-bond acceptors (Lipinski definition) is 1. The summed E-state index contributed by atoms with van der Waals surface area (Å²) >= 11 is 5.68. The SMILES string of the molecule is OC1CC(F)(c2ccc(Cl)cc2)C1. The quantitative estimate of drug-likeness (QED) is 0.739. The maximum absolute atomic E-state index is 13.8. The third kappa shape index (κ3) is 1.56. The van der Waals surface area contributed by atoms with Crippen LogP contribution >= 0.6 is 11.6 Å². The maximum atomic E-state index is 13.8. The Kier molecular flexibility index (Phi) is 2.05. The summed E-state index contributed by atoms with van der Waals surface area (Å²) in [6, 6.07) is 6.69. The Labute approximate surface area is 81.1 Å². The van der Waals surface area contributed by atoms with Gasteiger partial charge in [0.1, 0.15) is 5.67 Å². The monoisotopic (exact) mass is 200 g/mol. The van der Waals surface area contributed by atoms with Crippen LogP contribution in [0, 0.1) is 0 Å². The molecular weight excluding hydrogens is 191 g/mol. The maximum Gasteiger partial charge on any atom is 0.140 e. The van der Waals surface area contributed by atoms with Crippen LogP contribution in [0.3, 0.4) is 0 Å². The van der Waals surface area contributed by atoms with E-state index in [2.05, 4.69) is 0 Å². The van der Waals surface area contributed by atoms with Crippen molar-refractivity contribution in [2.24, 2.45) is 0 Å². The van der Waals surface area contributed by atoms with E-state index < -0.39 is 11.8 Å². The van der Waals surface area contributed by atoms with E-state index in [4.69, 9.17) is 16.7 Å². The Hall–Kier alpha value is -0.600. The van der Waals surface area contributed by atoms with Crippen molar-refractivity contribution in [3.05, 3.63) is 34.9 Å². The Balaban J connectivity index is 2.22. The highest BCUT2D eigenvalue weighted by Crippen LogP contribution is 2.45. The van der Waals surface area contributed by atoms with E-state index in [9.17, 15) is 4.39 Å². The molecule has 0 aromatic heterocycles. The largest absolute Gasteiger partial charge is 0.393 e. The molecule has 0 spiro atoms. The standard InChI is InChI=1S/C10H10ClFO/c11-8-3-1-7(2-4-8)10(12)5-9(13)6-10/h1-4,9,13H,5-6H2. The van der Waals surface area contributed by atoms with Gasteiger partial charge in [0, 0.05) is 17.9 Å². The van der Waals surface area contributed by atoms with Crippen LogP contribution in [0.1, 0.15) is 18.4 Å². The van der Waals surface area contributed by atoms with E-state index in [0.717, 1.165) is 0 Å². The Bertz CT molecular complexity index is 303. The van der Waals surface area contributed by atoms with E-state index in [1.54, 1.807) is 24.3 Å². The Morgan fingerprint density at radius 1 is 1.31 bits per heavy atom. The summed E-state index contributed by atoms with van der Waals surface area (Å²) in [5, 5.41) is 9.64. The van der Waals surface area contributed by atoms with Crippen LogP contribution in [-0.2, 0) is 5.67 Å². The van der Waals surface area contributed by atoms with Gasteiger partial charge in [0.25, 0.3) is 0 Å². The lowest BCUT2D eigenvalue weighted by Crippen LogP contribution is -2.40. The Morgan fingerprint density at radius 3 is 2.31 bits per heavy atom. The van der Waals surface area contributed by atoms with Crippen molar-refractivity contribution in [2.45, 2.75) is 24.6 Å². The molecule has 3 heteroatoms. The third-order valence-electron chi connectivity index (χ3n) is 2.48. The molecule has 13 heavy (non-hydrogen) atoms. The topological polar surface area (TPSA) is 20.2 Å². The minimum atomic E-state index is -1.33. The highest BCUT2D eigenvalue weighted by atomic mass is 35.5. The number of benzene rings is 1. The lowest BCUT2D eigenvalue weighted by atomic mass is 9.74. The second-order valence-electron chi connectivity index (χ2n) is 3.53. The molecule has 0 saturated heterocycles. The van der Waals surface area contributed by atoms with Gasteiger partial charge >= 0.3 is 0 Å². The predicted molar refractivity (Wildman–Crippen MR) is 49.5 cm³/mol. The lowest BCUT2D eigenvalue weighted by molar-refractivity contribution is -0.0606. The molecule has 0 aliphatic heterocycles. The second kappa shape index (κ2) is 2.96. The van der Waals surface area contributed by atoms with E-state index in [1.165, 1.54) is 0 Å². The van der Waals surface area contributed by atoms with Crippen molar-refractivity contribution >= 4 is 11.6 Å². The number of halogens is 2. The van der Waals surface area contributed by atoms with Gasteiger partial charge in [-0.3, -0.25) is 0 Å². The molecule has 0 atom stereocenters. The fraction of sp³-hybridized carbons (Fsp3) is 0.400. The molecule has 1 aromatic carbocycles. The number of rotatable bonds is 1. The molecule has 1 aliphatic rings. The number of aliphatic hydroxyl groups is 1. The fourth-order valence-electron chi connectivity index (χ4n) is 1.67. The van der Waals surface area contributed by atoms with Gasteiger partial charge in [0.05, 0.1) is 6.10 Å². The summed E-state index contributed by atoms with van der Waals surface area (Å²) in [7, 11) is 0. The van der Waals surface area contributed by atoms with E-state index in [0.29, 0.717) is 10.6 Å². The van der Waals surface area contributed by atoms with Crippen molar-refractivity contribution < 1.29 is 9.50 Å². The highest BCUT2D eigenvalue weighted by molar-refractivity contribution is 6.30. The molecule has 1 fully saturated rings. The molecular formula is C10H10ClFO. The highest BCUT2D eigenvalue weighted by Gasteiger charge is 2.45. The molecule has 1 aliphatic carbocycles. The van der Waals surface area contributed by atoms with E-state index in [1.807, 2.05) is 0 Å². The van der Waals surface area contributed by atoms with Crippen LogP contribution in [-0.4, -0.2) is 11.2 Å². The molecule has 1 nitrogen and oxygen atoms in total. The summed E-state index contributed by atoms with van der Waals surface area (Å²) < 4.78 is 13.8. The minimum absolute atomic E-state index is 0.203. The van der Waals surface area contributed by atoms with Gasteiger partial charge in [-0.1, -0.05) is 23.7 Å². The lowest BCUT2D eigenvalue weighted by Gasteiger charge is -2.38. The molecule has 0 radical (unpaired) electrons. The summed E-state index contributed by atoms with van der Waals surface area (Å²) in [6.45, 7) is 0. The zero-order chi connectivity index (χ0) is 9.47. The fourth-order valence-corrected chi connectivity index (χ4v) is 1.80. The summed E-state index contributed by atoms with van der Waals surface area (Å²) in [4.78, 5) is 0. The third-order valence-corrected chi connectivity index (χ3v) is 2.73. The first-order chi connectivity index (χ1) is 6.10. The average Bonchev–Trinajstić information content (AvgIpc) is 2.03. The summed E-state index contributed by atoms with van der Waals surface area (Å²) in [5.41, 5.74) is -0.716. The minimum Gasteiger partial charge on any atom is -0.393 e. The molecule has 1 aromatic rings. The number of aliphatic hydroxyl groups excluding tert-OH is 1. The molecule has 2 rings (SSSR count). The van der Waals surface area contributed by atoms with Crippen LogP contribution in [0.15, 0.2) is 24.3 Å². The zero-order valence-electron chi connectivity index (χ0n) is 7.00. The smallest absolute Gasteiger partial charge is 0.140 e. The normalized spacial score (nSPS) is 32.7. The molecule has 0 heterocycles. The molecule has 1 N–H and O–H groups in total. The van der Waals surface area contributed by atoms with Crippen molar-refractivity contribution in [1.82, 2.24) is 0 Å². The van der Waals surface area contributed by atoms with Gasteiger partial charge in [0.2, 0.25) is 0 Å². The van der Waals surface area contributed by atoms with Crippen LogP contribution in [0.25, 0.3) is 0 Å². The van der Waals surface area contributed by atoms with Gasteiger partial charge in [-0.2, -0.15) is 0 Å². The van der Waals surface area contributed by atoms with Gasteiger partial charge in [-0.05, 0) is 17.7 Å². The first kappa shape index (κ1) is 8.97. The molecule has 70 valence electrons. The summed E-state index contributed by atoms with van der Waals surface area (Å²) in [5.74, 6) is 0. The first-order valence-corrected chi connectivity index (χ1v) is 4.61. The van der Waals surface area contributed by atoms with Crippen molar-refractivity contribution in [3.63, 3.8) is 0 Å². The first-order valence-electron chi connectivity index (χ1n) is 4.23.